The third kappa shape index (κ3) is 1.63. The van der Waals surface area contributed by atoms with Gasteiger partial charge in [0.25, 0.3) is 0 Å². The second kappa shape index (κ2) is 3.52. The molecule has 1 aliphatic heterocycles. The first kappa shape index (κ1) is 10.5. The Balaban J connectivity index is 2.50. The van der Waals surface area contributed by atoms with Crippen molar-refractivity contribution < 1.29 is 8.42 Å². The van der Waals surface area contributed by atoms with Crippen molar-refractivity contribution in [2.24, 2.45) is 0 Å². The number of benzene rings is 1. The Hall–Kier alpha value is -1.03. The van der Waals surface area contributed by atoms with E-state index in [1.807, 2.05) is 24.3 Å². The first-order valence-electron chi connectivity index (χ1n) is 5.15. The fourth-order valence-electron chi connectivity index (χ4n) is 2.00. The van der Waals surface area contributed by atoms with Gasteiger partial charge in [0, 0.05) is 12.5 Å². The van der Waals surface area contributed by atoms with Crippen molar-refractivity contribution in [2.45, 2.75) is 19.8 Å². The van der Waals surface area contributed by atoms with Gasteiger partial charge in [-0.1, -0.05) is 25.1 Å². The molecular weight excluding hydrogens is 210 g/mol. The van der Waals surface area contributed by atoms with Crippen LogP contribution in [0.5, 0.6) is 0 Å². The minimum absolute atomic E-state index is 0.161. The molecule has 0 saturated heterocycles. The summed E-state index contributed by atoms with van der Waals surface area (Å²) in [7, 11) is -3.11. The Morgan fingerprint density at radius 3 is 2.73 bits per heavy atom. The number of hydrogen-bond acceptors (Lipinski definition) is 2. The zero-order valence-electron chi connectivity index (χ0n) is 8.97. The number of sulfonamides is 1. The maximum Gasteiger partial charge on any atom is 0.234 e. The summed E-state index contributed by atoms with van der Waals surface area (Å²) in [5.74, 6) is 0.455. The zero-order valence-corrected chi connectivity index (χ0v) is 9.79. The molecule has 0 bridgehead atoms. The molecule has 1 aliphatic rings. The second-order valence-corrected chi connectivity index (χ2v) is 6.07. The molecule has 2 rings (SSSR count). The van der Waals surface area contributed by atoms with Crippen LogP contribution >= 0.6 is 0 Å². The Bertz CT molecular complexity index is 467. The molecule has 0 spiro atoms. The van der Waals surface area contributed by atoms with E-state index in [2.05, 4.69) is 6.92 Å². The molecule has 0 saturated carbocycles. The molecular formula is C11H15NO2S. The Morgan fingerprint density at radius 1 is 1.40 bits per heavy atom. The normalized spacial score (nSPS) is 20.4. The largest absolute Gasteiger partial charge is 0.269 e. The quantitative estimate of drug-likeness (QED) is 0.771. The van der Waals surface area contributed by atoms with Gasteiger partial charge in [-0.2, -0.15) is 0 Å². The van der Waals surface area contributed by atoms with Gasteiger partial charge >= 0.3 is 0 Å². The molecule has 0 aromatic heterocycles. The third-order valence-electron chi connectivity index (χ3n) is 2.88. The van der Waals surface area contributed by atoms with Crippen LogP contribution in [0.3, 0.4) is 0 Å². The molecule has 4 heteroatoms. The van der Waals surface area contributed by atoms with Gasteiger partial charge in [-0.25, -0.2) is 8.42 Å². The summed E-state index contributed by atoms with van der Waals surface area (Å²) in [6, 6.07) is 7.73. The Labute approximate surface area is 90.8 Å². The van der Waals surface area contributed by atoms with Gasteiger partial charge < -0.3 is 0 Å². The zero-order chi connectivity index (χ0) is 11.1. The molecule has 0 aliphatic carbocycles. The summed E-state index contributed by atoms with van der Waals surface area (Å²) < 4.78 is 25.2. The standard InChI is InChI=1S/C11H15NO2S/c1-3-15(13,14)12-8-9(2)10-6-4-5-7-11(10)12/h4-7,9H,3,8H2,1-2H3. The van der Waals surface area contributed by atoms with E-state index in [1.165, 1.54) is 4.31 Å². The van der Waals surface area contributed by atoms with E-state index in [4.69, 9.17) is 0 Å². The van der Waals surface area contributed by atoms with Crippen molar-refractivity contribution in [1.29, 1.82) is 0 Å². The molecule has 0 fully saturated rings. The van der Waals surface area contributed by atoms with Crippen molar-refractivity contribution in [1.82, 2.24) is 0 Å². The molecule has 1 heterocycles. The van der Waals surface area contributed by atoms with Gasteiger partial charge in [-0.3, -0.25) is 4.31 Å². The molecule has 15 heavy (non-hydrogen) atoms. The minimum Gasteiger partial charge on any atom is -0.269 e. The molecule has 1 unspecified atom stereocenters. The van der Waals surface area contributed by atoms with Gasteiger partial charge in [0.2, 0.25) is 10.0 Å². The van der Waals surface area contributed by atoms with E-state index in [9.17, 15) is 8.42 Å². The Morgan fingerprint density at radius 2 is 2.07 bits per heavy atom. The summed E-state index contributed by atoms with van der Waals surface area (Å²) in [6.07, 6.45) is 0. The molecule has 1 aromatic rings. The van der Waals surface area contributed by atoms with Crippen LogP contribution in [-0.4, -0.2) is 20.7 Å². The summed E-state index contributed by atoms with van der Waals surface area (Å²) in [5, 5.41) is 0. The highest BCUT2D eigenvalue weighted by atomic mass is 32.2. The molecule has 0 N–H and O–H groups in total. The van der Waals surface area contributed by atoms with Gasteiger partial charge in [0.1, 0.15) is 0 Å². The number of anilines is 1. The Kier molecular flexibility index (Phi) is 2.46. The minimum atomic E-state index is -3.11. The summed E-state index contributed by atoms with van der Waals surface area (Å²) in [4.78, 5) is 0. The van der Waals surface area contributed by atoms with E-state index >= 15 is 0 Å². The van der Waals surface area contributed by atoms with E-state index in [1.54, 1.807) is 6.92 Å². The van der Waals surface area contributed by atoms with Crippen LogP contribution in [0.1, 0.15) is 25.3 Å². The van der Waals surface area contributed by atoms with Crippen molar-refractivity contribution in [3.8, 4) is 0 Å². The number of para-hydroxylation sites is 1. The van der Waals surface area contributed by atoms with Crippen LogP contribution in [0.2, 0.25) is 0 Å². The fourth-order valence-corrected chi connectivity index (χ4v) is 3.22. The van der Waals surface area contributed by atoms with Crippen LogP contribution in [0, 0.1) is 0 Å². The van der Waals surface area contributed by atoms with Crippen molar-refractivity contribution in [3.63, 3.8) is 0 Å². The number of hydrogen-bond donors (Lipinski definition) is 0. The van der Waals surface area contributed by atoms with Gasteiger partial charge in [0.05, 0.1) is 11.4 Å². The highest BCUT2D eigenvalue weighted by molar-refractivity contribution is 7.92. The first-order valence-corrected chi connectivity index (χ1v) is 6.76. The molecule has 82 valence electrons. The lowest BCUT2D eigenvalue weighted by molar-refractivity contribution is 0.591. The van der Waals surface area contributed by atoms with E-state index in [0.29, 0.717) is 12.5 Å². The van der Waals surface area contributed by atoms with Crippen molar-refractivity contribution >= 4 is 15.7 Å². The van der Waals surface area contributed by atoms with E-state index in [0.717, 1.165) is 11.3 Å². The van der Waals surface area contributed by atoms with Crippen molar-refractivity contribution in [2.75, 3.05) is 16.6 Å². The van der Waals surface area contributed by atoms with Crippen LogP contribution in [0.15, 0.2) is 24.3 Å². The molecule has 1 aromatic carbocycles. The van der Waals surface area contributed by atoms with Crippen LogP contribution in [-0.2, 0) is 10.0 Å². The maximum absolute atomic E-state index is 11.8. The highest BCUT2D eigenvalue weighted by Crippen LogP contribution is 2.37. The van der Waals surface area contributed by atoms with Gasteiger partial charge in [-0.15, -0.1) is 0 Å². The third-order valence-corrected chi connectivity index (χ3v) is 4.62. The monoisotopic (exact) mass is 225 g/mol. The van der Waals surface area contributed by atoms with Crippen LogP contribution in [0.4, 0.5) is 5.69 Å². The summed E-state index contributed by atoms with van der Waals surface area (Å²) in [5.41, 5.74) is 1.99. The summed E-state index contributed by atoms with van der Waals surface area (Å²) >= 11 is 0. The van der Waals surface area contributed by atoms with E-state index in [-0.39, 0.29) is 5.75 Å². The van der Waals surface area contributed by atoms with Gasteiger partial charge in [-0.05, 0) is 18.6 Å². The second-order valence-electron chi connectivity index (χ2n) is 3.89. The van der Waals surface area contributed by atoms with Crippen molar-refractivity contribution in [3.05, 3.63) is 29.8 Å². The fraction of sp³-hybridized carbons (Fsp3) is 0.455. The molecule has 0 amide bonds. The molecule has 1 atom stereocenters. The number of nitrogens with zero attached hydrogens (tertiary/aromatic N) is 1. The van der Waals surface area contributed by atoms with Crippen LogP contribution in [0.25, 0.3) is 0 Å². The lowest BCUT2D eigenvalue weighted by Crippen LogP contribution is -2.30. The predicted octanol–water partition coefficient (Wildman–Crippen LogP) is 1.96. The smallest absolute Gasteiger partial charge is 0.234 e. The lowest BCUT2D eigenvalue weighted by Gasteiger charge is -2.18. The molecule has 3 nitrogen and oxygen atoms in total. The lowest BCUT2D eigenvalue weighted by atomic mass is 10.0. The number of fused-ring (bicyclic) bond motifs is 1. The highest BCUT2D eigenvalue weighted by Gasteiger charge is 2.31. The topological polar surface area (TPSA) is 37.4 Å². The number of rotatable bonds is 2. The van der Waals surface area contributed by atoms with E-state index < -0.39 is 10.0 Å². The average molecular weight is 225 g/mol. The maximum atomic E-state index is 11.8. The average Bonchev–Trinajstić information content (AvgIpc) is 2.58. The SMILES string of the molecule is CCS(=O)(=O)N1CC(C)c2ccccc21. The van der Waals surface area contributed by atoms with Gasteiger partial charge in [0.15, 0.2) is 0 Å². The first-order chi connectivity index (χ1) is 7.06. The predicted molar refractivity (Wildman–Crippen MR) is 61.7 cm³/mol. The molecule has 0 radical (unpaired) electrons. The van der Waals surface area contributed by atoms with Crippen LogP contribution < -0.4 is 4.31 Å². The summed E-state index contributed by atoms with van der Waals surface area (Å²) in [6.45, 7) is 4.32.